The van der Waals surface area contributed by atoms with Gasteiger partial charge in [0.05, 0.1) is 7.11 Å². The Hall–Kier alpha value is -4.40. The maximum atomic E-state index is 13.3. The van der Waals surface area contributed by atoms with E-state index in [1.54, 1.807) is 49.3 Å². The number of nitrogens with one attached hydrogen (secondary N) is 2. The van der Waals surface area contributed by atoms with Gasteiger partial charge < -0.3 is 20.3 Å². The molecular weight excluding hydrogens is 460 g/mol. The van der Waals surface area contributed by atoms with Gasteiger partial charge in [-0.25, -0.2) is 4.79 Å². The van der Waals surface area contributed by atoms with Crippen LogP contribution in [0.5, 0.6) is 5.75 Å². The Balaban J connectivity index is 1.28. The van der Waals surface area contributed by atoms with Crippen LogP contribution in [0.1, 0.15) is 25.3 Å². The molecule has 2 N–H and O–H groups in total. The number of hydrogen-bond donors (Lipinski definition) is 2. The van der Waals surface area contributed by atoms with Gasteiger partial charge in [-0.3, -0.25) is 19.3 Å². The number of benzene rings is 3. The molecule has 3 aromatic carbocycles. The Morgan fingerprint density at radius 1 is 1.03 bits per heavy atom. The molecular formula is C27H26N4O5. The molecule has 0 bridgehead atoms. The Kier molecular flexibility index (Phi) is 5.83. The van der Waals surface area contributed by atoms with Gasteiger partial charge in [0, 0.05) is 24.3 Å². The Labute approximate surface area is 208 Å². The first-order valence-electron chi connectivity index (χ1n) is 11.7. The summed E-state index contributed by atoms with van der Waals surface area (Å²) in [6.07, 6.45) is 1.37. The molecule has 0 aromatic heterocycles. The van der Waals surface area contributed by atoms with E-state index < -0.39 is 29.9 Å². The van der Waals surface area contributed by atoms with Crippen LogP contribution in [0.25, 0.3) is 10.8 Å². The van der Waals surface area contributed by atoms with Gasteiger partial charge in [-0.1, -0.05) is 18.2 Å². The molecule has 2 aliphatic heterocycles. The van der Waals surface area contributed by atoms with Crippen molar-refractivity contribution in [2.45, 2.75) is 25.3 Å². The minimum Gasteiger partial charge on any atom is -0.497 e. The summed E-state index contributed by atoms with van der Waals surface area (Å²) in [5.41, 5.74) is 0.605. The quantitative estimate of drug-likeness (QED) is 0.520. The van der Waals surface area contributed by atoms with Crippen molar-refractivity contribution in [2.24, 2.45) is 0 Å². The minimum absolute atomic E-state index is 0.0829. The van der Waals surface area contributed by atoms with Crippen LogP contribution in [-0.2, 0) is 19.9 Å². The van der Waals surface area contributed by atoms with E-state index in [4.69, 9.17) is 4.74 Å². The molecule has 1 atom stereocenters. The molecule has 1 unspecified atom stereocenters. The standard InChI is InChI=1S/C27H26N4O5/c1-27(19-7-5-18-15-22(36-2)12-6-17(18)14-19)25(34)31(26(35)29-27)16-23(32)28-20-8-10-21(11-9-20)30-13-3-4-24(30)33/h5-12,14-15H,3-4,13,16H2,1-2H3,(H,28,32)(H,29,35). The third kappa shape index (κ3) is 4.13. The van der Waals surface area contributed by atoms with Gasteiger partial charge >= 0.3 is 6.03 Å². The average Bonchev–Trinajstić information content (AvgIpc) is 3.40. The van der Waals surface area contributed by atoms with Crippen LogP contribution < -0.4 is 20.3 Å². The van der Waals surface area contributed by atoms with Gasteiger partial charge in [0.2, 0.25) is 11.8 Å². The lowest BCUT2D eigenvalue weighted by Crippen LogP contribution is -2.42. The number of methoxy groups -OCH3 is 1. The second-order valence-electron chi connectivity index (χ2n) is 9.12. The number of urea groups is 1. The van der Waals surface area contributed by atoms with Crippen LogP contribution in [0.3, 0.4) is 0 Å². The molecule has 9 nitrogen and oxygen atoms in total. The normalized spacial score (nSPS) is 19.7. The van der Waals surface area contributed by atoms with E-state index in [9.17, 15) is 19.2 Å². The topological polar surface area (TPSA) is 108 Å². The first-order chi connectivity index (χ1) is 17.3. The van der Waals surface area contributed by atoms with Gasteiger partial charge in [-0.15, -0.1) is 0 Å². The summed E-state index contributed by atoms with van der Waals surface area (Å²) in [7, 11) is 1.60. The van der Waals surface area contributed by atoms with Crippen molar-refractivity contribution in [2.75, 3.05) is 30.4 Å². The zero-order valence-electron chi connectivity index (χ0n) is 20.0. The van der Waals surface area contributed by atoms with Crippen molar-refractivity contribution >= 4 is 45.9 Å². The van der Waals surface area contributed by atoms with E-state index in [1.165, 1.54) is 0 Å². The second-order valence-corrected chi connectivity index (χ2v) is 9.12. The lowest BCUT2D eigenvalue weighted by molar-refractivity contribution is -0.133. The first-order valence-corrected chi connectivity index (χ1v) is 11.7. The Morgan fingerprint density at radius 2 is 1.75 bits per heavy atom. The lowest BCUT2D eigenvalue weighted by atomic mass is 9.90. The van der Waals surface area contributed by atoms with E-state index in [1.807, 2.05) is 30.3 Å². The van der Waals surface area contributed by atoms with Crippen molar-refractivity contribution in [1.29, 1.82) is 0 Å². The molecule has 9 heteroatoms. The molecule has 0 saturated carbocycles. The summed E-state index contributed by atoms with van der Waals surface area (Å²) in [6.45, 7) is 1.90. The fraction of sp³-hybridized carbons (Fsp3) is 0.259. The van der Waals surface area contributed by atoms with Gasteiger partial charge in [-0.2, -0.15) is 0 Å². The molecule has 0 aliphatic carbocycles. The van der Waals surface area contributed by atoms with Crippen LogP contribution in [0.15, 0.2) is 60.7 Å². The summed E-state index contributed by atoms with van der Waals surface area (Å²) in [5.74, 6) is -0.195. The maximum absolute atomic E-state index is 13.3. The fourth-order valence-corrected chi connectivity index (χ4v) is 4.69. The lowest BCUT2D eigenvalue weighted by Gasteiger charge is -2.22. The van der Waals surface area contributed by atoms with Crippen LogP contribution in [0, 0.1) is 0 Å². The van der Waals surface area contributed by atoms with E-state index in [0.29, 0.717) is 24.2 Å². The van der Waals surface area contributed by atoms with E-state index in [0.717, 1.165) is 33.5 Å². The first kappa shape index (κ1) is 23.3. The minimum atomic E-state index is -1.30. The molecule has 2 heterocycles. The molecule has 2 aliphatic rings. The van der Waals surface area contributed by atoms with Crippen LogP contribution in [-0.4, -0.2) is 48.9 Å². The van der Waals surface area contributed by atoms with Crippen molar-refractivity contribution in [3.05, 3.63) is 66.2 Å². The van der Waals surface area contributed by atoms with Gasteiger partial charge in [0.1, 0.15) is 17.8 Å². The summed E-state index contributed by atoms with van der Waals surface area (Å²) in [4.78, 5) is 53.2. The number of hydrogen-bond acceptors (Lipinski definition) is 5. The van der Waals surface area contributed by atoms with E-state index in [2.05, 4.69) is 10.6 Å². The predicted octanol–water partition coefficient (Wildman–Crippen LogP) is 3.38. The highest BCUT2D eigenvalue weighted by Crippen LogP contribution is 2.32. The maximum Gasteiger partial charge on any atom is 0.325 e. The van der Waals surface area contributed by atoms with Crippen LogP contribution in [0.4, 0.5) is 16.2 Å². The third-order valence-electron chi connectivity index (χ3n) is 6.74. The van der Waals surface area contributed by atoms with E-state index >= 15 is 0 Å². The number of rotatable bonds is 6. The third-order valence-corrected chi connectivity index (χ3v) is 6.74. The van der Waals surface area contributed by atoms with Crippen molar-refractivity contribution < 1.29 is 23.9 Å². The van der Waals surface area contributed by atoms with Crippen molar-refractivity contribution in [3.8, 4) is 5.75 Å². The number of amides is 5. The molecule has 0 radical (unpaired) electrons. The average molecular weight is 487 g/mol. The van der Waals surface area contributed by atoms with Crippen LogP contribution in [0.2, 0.25) is 0 Å². The number of fused-ring (bicyclic) bond motifs is 1. The number of carbonyl (C=O) groups excluding carboxylic acids is 4. The van der Waals surface area contributed by atoms with Gasteiger partial charge in [-0.05, 0) is 72.1 Å². The molecule has 5 rings (SSSR count). The smallest absolute Gasteiger partial charge is 0.325 e. The molecule has 0 spiro atoms. The summed E-state index contributed by atoms with van der Waals surface area (Å²) >= 11 is 0. The molecule has 184 valence electrons. The van der Waals surface area contributed by atoms with E-state index in [-0.39, 0.29) is 5.91 Å². The second kappa shape index (κ2) is 8.99. The van der Waals surface area contributed by atoms with Crippen molar-refractivity contribution in [3.63, 3.8) is 0 Å². The monoisotopic (exact) mass is 486 g/mol. The summed E-state index contributed by atoms with van der Waals surface area (Å²) < 4.78 is 5.26. The zero-order chi connectivity index (χ0) is 25.4. The Bertz CT molecular complexity index is 1390. The number of ether oxygens (including phenoxy) is 1. The zero-order valence-corrected chi connectivity index (χ0v) is 20.0. The van der Waals surface area contributed by atoms with Gasteiger partial charge in [0.25, 0.3) is 5.91 Å². The number of carbonyl (C=O) groups is 4. The number of imide groups is 1. The molecule has 36 heavy (non-hydrogen) atoms. The largest absolute Gasteiger partial charge is 0.497 e. The molecule has 2 fully saturated rings. The number of nitrogens with zero attached hydrogens (tertiary/aromatic N) is 2. The fourth-order valence-electron chi connectivity index (χ4n) is 4.69. The molecule has 2 saturated heterocycles. The predicted molar refractivity (Wildman–Crippen MR) is 135 cm³/mol. The summed E-state index contributed by atoms with van der Waals surface area (Å²) in [6, 6.07) is 17.4. The van der Waals surface area contributed by atoms with Crippen LogP contribution >= 0.6 is 0 Å². The SMILES string of the molecule is COc1ccc2cc(C3(C)NC(=O)N(CC(=O)Nc4ccc(N5CCCC5=O)cc4)C3=O)ccc2c1. The van der Waals surface area contributed by atoms with Crippen molar-refractivity contribution in [1.82, 2.24) is 10.2 Å². The highest BCUT2D eigenvalue weighted by molar-refractivity contribution is 6.10. The summed E-state index contributed by atoms with van der Waals surface area (Å²) in [5, 5.41) is 7.29. The number of anilines is 2. The molecule has 3 aromatic rings. The molecule has 5 amide bonds. The van der Waals surface area contributed by atoms with Gasteiger partial charge in [0.15, 0.2) is 0 Å². The highest BCUT2D eigenvalue weighted by Gasteiger charge is 2.49. The Morgan fingerprint density at radius 3 is 2.44 bits per heavy atom. The highest BCUT2D eigenvalue weighted by atomic mass is 16.5.